The zero-order chi connectivity index (χ0) is 24.9. The van der Waals surface area contributed by atoms with E-state index in [0.717, 1.165) is 29.2 Å². The Labute approximate surface area is 203 Å². The van der Waals surface area contributed by atoms with Crippen molar-refractivity contribution in [2.24, 2.45) is 0 Å². The number of anilines is 2. The summed E-state index contributed by atoms with van der Waals surface area (Å²) in [6.07, 6.45) is 0. The van der Waals surface area contributed by atoms with Gasteiger partial charge < -0.3 is 10.0 Å². The molecule has 1 aliphatic rings. The molecule has 6 nitrogen and oxygen atoms in total. The predicted molar refractivity (Wildman–Crippen MR) is 132 cm³/mol. The number of hydrogen-bond acceptors (Lipinski definition) is 6. The van der Waals surface area contributed by atoms with Crippen molar-refractivity contribution in [3.63, 3.8) is 0 Å². The standard InChI is InChI=1S/C26H19F2N3O3S/c1-30(2)18-10-5-14(6-11-18)22-21(23(32)15-3-7-16(27)8-4-15)24(33)25(34)31(22)26-29-19-12-9-17(28)13-20(19)35-26/h3-13,22,32H,1-2H3/b23-21+. The molecule has 0 radical (unpaired) electrons. The maximum absolute atomic E-state index is 13.8. The number of hydrogen-bond donors (Lipinski definition) is 1. The second-order valence-corrected chi connectivity index (χ2v) is 9.28. The van der Waals surface area contributed by atoms with Gasteiger partial charge in [-0.25, -0.2) is 13.8 Å². The summed E-state index contributed by atoms with van der Waals surface area (Å²) in [6, 6.07) is 15.3. The van der Waals surface area contributed by atoms with Crippen molar-refractivity contribution in [1.82, 2.24) is 4.98 Å². The first-order valence-electron chi connectivity index (χ1n) is 10.6. The maximum atomic E-state index is 13.8. The number of halogens is 2. The molecule has 35 heavy (non-hydrogen) atoms. The second-order valence-electron chi connectivity index (χ2n) is 8.27. The highest BCUT2D eigenvalue weighted by atomic mass is 32.1. The van der Waals surface area contributed by atoms with Gasteiger partial charge in [-0.15, -0.1) is 0 Å². The Hall–Kier alpha value is -4.11. The quantitative estimate of drug-likeness (QED) is 0.239. The first-order chi connectivity index (χ1) is 16.7. The van der Waals surface area contributed by atoms with E-state index in [1.54, 1.807) is 12.1 Å². The monoisotopic (exact) mass is 491 g/mol. The molecular weight excluding hydrogens is 472 g/mol. The number of ketones is 1. The van der Waals surface area contributed by atoms with Gasteiger partial charge in [0, 0.05) is 25.3 Å². The molecule has 9 heteroatoms. The van der Waals surface area contributed by atoms with Gasteiger partial charge in [-0.1, -0.05) is 23.5 Å². The zero-order valence-electron chi connectivity index (χ0n) is 18.7. The summed E-state index contributed by atoms with van der Waals surface area (Å²) in [6.45, 7) is 0. The van der Waals surface area contributed by atoms with Crippen LogP contribution in [0.2, 0.25) is 0 Å². The van der Waals surface area contributed by atoms with Gasteiger partial charge in [0.1, 0.15) is 17.4 Å². The number of thiazole rings is 1. The Kier molecular flexibility index (Phi) is 5.56. The first kappa shape index (κ1) is 22.7. The molecule has 0 saturated carbocycles. The van der Waals surface area contributed by atoms with Crippen LogP contribution >= 0.6 is 11.3 Å². The van der Waals surface area contributed by atoms with Crippen molar-refractivity contribution in [2.75, 3.05) is 23.9 Å². The first-order valence-corrected chi connectivity index (χ1v) is 11.5. The molecule has 4 aromatic rings. The van der Waals surface area contributed by atoms with Gasteiger partial charge in [-0.3, -0.25) is 14.5 Å². The number of rotatable bonds is 4. The Morgan fingerprint density at radius 2 is 1.63 bits per heavy atom. The summed E-state index contributed by atoms with van der Waals surface area (Å²) in [5.41, 5.74) is 2.02. The summed E-state index contributed by atoms with van der Waals surface area (Å²) in [5.74, 6) is -3.12. The number of aliphatic hydroxyl groups excluding tert-OH is 1. The van der Waals surface area contributed by atoms with Gasteiger partial charge in [-0.2, -0.15) is 0 Å². The highest BCUT2D eigenvalue weighted by Crippen LogP contribution is 2.44. The molecule has 1 saturated heterocycles. The number of aliphatic hydroxyl groups is 1. The third kappa shape index (κ3) is 3.93. The fourth-order valence-corrected chi connectivity index (χ4v) is 5.07. The van der Waals surface area contributed by atoms with Crippen LogP contribution in [0.5, 0.6) is 0 Å². The minimum Gasteiger partial charge on any atom is -0.507 e. The fraction of sp³-hybridized carbons (Fsp3) is 0.115. The molecule has 1 atom stereocenters. The molecule has 176 valence electrons. The smallest absolute Gasteiger partial charge is 0.301 e. The summed E-state index contributed by atoms with van der Waals surface area (Å²) in [5, 5.41) is 11.3. The van der Waals surface area contributed by atoms with Crippen LogP contribution in [0.15, 0.2) is 72.3 Å². The number of Topliss-reactive ketones (excluding diaryl/α,β-unsaturated/α-hetero) is 1. The number of aromatic nitrogens is 1. The number of amides is 1. The van der Waals surface area contributed by atoms with Crippen molar-refractivity contribution in [3.8, 4) is 0 Å². The third-order valence-corrected chi connectivity index (χ3v) is 6.85. The molecule has 5 rings (SSSR count). The maximum Gasteiger partial charge on any atom is 0.301 e. The van der Waals surface area contributed by atoms with Gasteiger partial charge in [0.25, 0.3) is 5.78 Å². The Bertz CT molecular complexity index is 1490. The number of carbonyl (C=O) groups is 2. The predicted octanol–water partition coefficient (Wildman–Crippen LogP) is 5.27. The van der Waals surface area contributed by atoms with E-state index >= 15 is 0 Å². The summed E-state index contributed by atoms with van der Waals surface area (Å²) < 4.78 is 27.7. The Morgan fingerprint density at radius 1 is 0.971 bits per heavy atom. The zero-order valence-corrected chi connectivity index (χ0v) is 19.5. The molecule has 1 N–H and O–H groups in total. The van der Waals surface area contributed by atoms with Crippen LogP contribution in [-0.2, 0) is 9.59 Å². The van der Waals surface area contributed by atoms with Gasteiger partial charge in [0.2, 0.25) is 0 Å². The lowest BCUT2D eigenvalue weighted by atomic mass is 9.95. The van der Waals surface area contributed by atoms with Gasteiger partial charge in [0.05, 0.1) is 21.8 Å². The molecule has 0 aliphatic carbocycles. The van der Waals surface area contributed by atoms with E-state index in [9.17, 15) is 23.5 Å². The van der Waals surface area contributed by atoms with E-state index in [4.69, 9.17) is 0 Å². The molecule has 2 heterocycles. The van der Waals surface area contributed by atoms with Crippen molar-refractivity contribution >= 4 is 49.8 Å². The summed E-state index contributed by atoms with van der Waals surface area (Å²) >= 11 is 1.07. The van der Waals surface area contributed by atoms with Crippen molar-refractivity contribution in [2.45, 2.75) is 6.04 Å². The molecule has 0 spiro atoms. The lowest BCUT2D eigenvalue weighted by Gasteiger charge is -2.23. The lowest BCUT2D eigenvalue weighted by Crippen LogP contribution is -2.29. The molecule has 0 bridgehead atoms. The van der Waals surface area contributed by atoms with Crippen LogP contribution in [0, 0.1) is 11.6 Å². The molecule has 3 aromatic carbocycles. The van der Waals surface area contributed by atoms with E-state index in [2.05, 4.69) is 4.98 Å². The molecule has 1 amide bonds. The lowest BCUT2D eigenvalue weighted by molar-refractivity contribution is -0.132. The fourth-order valence-electron chi connectivity index (χ4n) is 4.05. The largest absolute Gasteiger partial charge is 0.507 e. The van der Waals surface area contributed by atoms with E-state index in [1.165, 1.54) is 35.2 Å². The highest BCUT2D eigenvalue weighted by Gasteiger charge is 2.48. The Morgan fingerprint density at radius 3 is 2.29 bits per heavy atom. The average Bonchev–Trinajstić information content (AvgIpc) is 3.37. The normalized spacial score (nSPS) is 17.4. The van der Waals surface area contributed by atoms with Crippen molar-refractivity contribution < 1.29 is 23.5 Å². The number of benzene rings is 3. The Balaban J connectivity index is 1.71. The van der Waals surface area contributed by atoms with Crippen LogP contribution in [-0.4, -0.2) is 35.9 Å². The van der Waals surface area contributed by atoms with Crippen LogP contribution in [0.3, 0.4) is 0 Å². The highest BCUT2D eigenvalue weighted by molar-refractivity contribution is 7.22. The molecule has 1 aliphatic heterocycles. The topological polar surface area (TPSA) is 73.7 Å². The van der Waals surface area contributed by atoms with E-state index < -0.39 is 35.1 Å². The summed E-state index contributed by atoms with van der Waals surface area (Å²) in [7, 11) is 3.77. The van der Waals surface area contributed by atoms with E-state index in [-0.39, 0.29) is 16.3 Å². The van der Waals surface area contributed by atoms with E-state index in [0.29, 0.717) is 15.8 Å². The SMILES string of the molecule is CN(C)c1ccc(C2/C(=C(\O)c3ccc(F)cc3)C(=O)C(=O)N2c2nc3ccc(F)cc3s2)cc1. The van der Waals surface area contributed by atoms with Gasteiger partial charge >= 0.3 is 5.91 Å². The van der Waals surface area contributed by atoms with E-state index in [1.807, 2.05) is 31.1 Å². The van der Waals surface area contributed by atoms with Crippen molar-refractivity contribution in [1.29, 1.82) is 0 Å². The number of nitrogens with zero attached hydrogens (tertiary/aromatic N) is 3. The minimum atomic E-state index is -0.985. The van der Waals surface area contributed by atoms with Crippen LogP contribution in [0.25, 0.3) is 16.0 Å². The average molecular weight is 492 g/mol. The number of fused-ring (bicyclic) bond motifs is 1. The van der Waals surface area contributed by atoms with Gasteiger partial charge in [0.15, 0.2) is 5.13 Å². The second kappa shape index (κ2) is 8.59. The van der Waals surface area contributed by atoms with Crippen LogP contribution in [0.1, 0.15) is 17.2 Å². The van der Waals surface area contributed by atoms with Crippen molar-refractivity contribution in [3.05, 3.63) is 95.1 Å². The van der Waals surface area contributed by atoms with Crippen LogP contribution in [0.4, 0.5) is 19.6 Å². The van der Waals surface area contributed by atoms with Gasteiger partial charge in [-0.05, 0) is 60.2 Å². The number of carbonyl (C=O) groups excluding carboxylic acids is 2. The molecule has 1 aromatic heterocycles. The molecule has 1 fully saturated rings. The molecular formula is C26H19F2N3O3S. The minimum absolute atomic E-state index is 0.135. The molecule has 1 unspecified atom stereocenters. The van der Waals surface area contributed by atoms with Crippen LogP contribution < -0.4 is 9.80 Å². The third-order valence-electron chi connectivity index (χ3n) is 5.83. The summed E-state index contributed by atoms with van der Waals surface area (Å²) in [4.78, 5) is 34.1.